The molecule has 2 aromatic rings. The van der Waals surface area contributed by atoms with Gasteiger partial charge in [0.25, 0.3) is 0 Å². The molecule has 0 aromatic heterocycles. The predicted octanol–water partition coefficient (Wildman–Crippen LogP) is 2.46. The molecule has 1 fully saturated rings. The van der Waals surface area contributed by atoms with Crippen LogP contribution in [0, 0.1) is 0 Å². The van der Waals surface area contributed by atoms with E-state index >= 15 is 0 Å². The zero-order chi connectivity index (χ0) is 28.3. The number of aliphatic hydroxyl groups is 1. The van der Waals surface area contributed by atoms with Crippen molar-refractivity contribution in [3.05, 3.63) is 59.7 Å². The fraction of sp³-hybridized carbons (Fsp3) is 0.429. The van der Waals surface area contributed by atoms with Gasteiger partial charge in [-0.15, -0.1) is 0 Å². The lowest BCUT2D eigenvalue weighted by Crippen LogP contribution is -2.52. The first-order valence-corrected chi connectivity index (χ1v) is 12.7. The maximum atomic E-state index is 13.3. The van der Waals surface area contributed by atoms with Gasteiger partial charge in [-0.1, -0.05) is 48.5 Å². The minimum absolute atomic E-state index is 0.00698. The van der Waals surface area contributed by atoms with E-state index < -0.39 is 54.4 Å². The highest BCUT2D eigenvalue weighted by molar-refractivity contribution is 5.90. The maximum absolute atomic E-state index is 13.3. The SMILES string of the molecule is CC(C)(C)OC(=O)NC1CC(C(=O)NC(CO)C(=O)O)N(C(=O)OCC2c3ccccc3-c3ccccc32)C1. The van der Waals surface area contributed by atoms with Gasteiger partial charge in [0, 0.05) is 12.5 Å². The number of ether oxygens (including phenoxy) is 2. The highest BCUT2D eigenvalue weighted by atomic mass is 16.6. The summed E-state index contributed by atoms with van der Waals surface area (Å²) < 4.78 is 11.0. The number of likely N-dealkylation sites (tertiary alicyclic amines) is 1. The van der Waals surface area contributed by atoms with E-state index in [1.54, 1.807) is 20.8 Å². The molecule has 11 heteroatoms. The predicted molar refractivity (Wildman–Crippen MR) is 140 cm³/mol. The Bertz CT molecular complexity index is 1210. The quantitative estimate of drug-likeness (QED) is 0.418. The largest absolute Gasteiger partial charge is 0.480 e. The van der Waals surface area contributed by atoms with Gasteiger partial charge < -0.3 is 30.3 Å². The number of alkyl carbamates (subject to hydrolysis) is 1. The molecule has 0 spiro atoms. The van der Waals surface area contributed by atoms with Crippen LogP contribution in [-0.2, 0) is 19.1 Å². The fourth-order valence-corrected chi connectivity index (χ4v) is 5.00. The molecule has 2 aromatic carbocycles. The summed E-state index contributed by atoms with van der Waals surface area (Å²) in [6.45, 7) is 4.28. The highest BCUT2D eigenvalue weighted by Crippen LogP contribution is 2.44. The first kappa shape index (κ1) is 27.9. The third-order valence-corrected chi connectivity index (χ3v) is 6.69. The Hall–Kier alpha value is -4.12. The van der Waals surface area contributed by atoms with Gasteiger partial charge in [-0.2, -0.15) is 0 Å². The average Bonchev–Trinajstić information content (AvgIpc) is 3.44. The van der Waals surface area contributed by atoms with E-state index in [0.717, 1.165) is 22.3 Å². The van der Waals surface area contributed by atoms with E-state index in [1.165, 1.54) is 4.90 Å². The molecule has 1 aliphatic heterocycles. The summed E-state index contributed by atoms with van der Waals surface area (Å²) in [5.41, 5.74) is 3.44. The summed E-state index contributed by atoms with van der Waals surface area (Å²) in [7, 11) is 0. The smallest absolute Gasteiger partial charge is 0.410 e. The zero-order valence-electron chi connectivity index (χ0n) is 22.0. The van der Waals surface area contributed by atoms with Crippen molar-refractivity contribution in [2.45, 2.75) is 56.8 Å². The second-order valence-corrected chi connectivity index (χ2v) is 10.6. The second kappa shape index (κ2) is 11.3. The van der Waals surface area contributed by atoms with Crippen LogP contribution in [0.4, 0.5) is 9.59 Å². The summed E-state index contributed by atoms with van der Waals surface area (Å²) in [6.07, 6.45) is -1.48. The summed E-state index contributed by atoms with van der Waals surface area (Å²) in [5, 5.41) is 23.5. The van der Waals surface area contributed by atoms with Crippen LogP contribution < -0.4 is 10.6 Å². The number of carbonyl (C=O) groups excluding carboxylic acids is 3. The third-order valence-electron chi connectivity index (χ3n) is 6.69. The van der Waals surface area contributed by atoms with Crippen LogP contribution in [-0.4, -0.2) is 82.7 Å². The number of aliphatic carboxylic acids is 1. The molecule has 1 heterocycles. The Balaban J connectivity index is 1.49. The molecule has 1 aliphatic carbocycles. The Kier molecular flexibility index (Phi) is 8.10. The van der Waals surface area contributed by atoms with E-state index in [1.807, 2.05) is 48.5 Å². The number of hydrogen-bond donors (Lipinski definition) is 4. The van der Waals surface area contributed by atoms with Gasteiger partial charge in [0.2, 0.25) is 5.91 Å². The van der Waals surface area contributed by atoms with Crippen molar-refractivity contribution >= 4 is 24.1 Å². The molecule has 3 atom stereocenters. The molecule has 4 N–H and O–H groups in total. The molecule has 0 bridgehead atoms. The van der Waals surface area contributed by atoms with Gasteiger partial charge in [-0.05, 0) is 49.4 Å². The van der Waals surface area contributed by atoms with Crippen LogP contribution in [0.3, 0.4) is 0 Å². The topological polar surface area (TPSA) is 154 Å². The number of aliphatic hydroxyl groups excluding tert-OH is 1. The Morgan fingerprint density at radius 3 is 2.15 bits per heavy atom. The van der Waals surface area contributed by atoms with Crippen LogP contribution in [0.5, 0.6) is 0 Å². The second-order valence-electron chi connectivity index (χ2n) is 10.6. The molecule has 3 unspecified atom stereocenters. The van der Waals surface area contributed by atoms with E-state index in [2.05, 4.69) is 10.6 Å². The summed E-state index contributed by atoms with van der Waals surface area (Å²) >= 11 is 0. The first-order valence-electron chi connectivity index (χ1n) is 12.7. The highest BCUT2D eigenvalue weighted by Gasteiger charge is 2.43. The number of amides is 3. The average molecular weight is 540 g/mol. The molecule has 39 heavy (non-hydrogen) atoms. The minimum atomic E-state index is -1.54. The maximum Gasteiger partial charge on any atom is 0.410 e. The van der Waals surface area contributed by atoms with Crippen molar-refractivity contribution in [3.8, 4) is 11.1 Å². The summed E-state index contributed by atoms with van der Waals surface area (Å²) in [5.74, 6) is -2.39. The van der Waals surface area contributed by atoms with Crippen molar-refractivity contribution in [1.82, 2.24) is 15.5 Å². The number of carboxylic acid groups (broad SMARTS) is 1. The van der Waals surface area contributed by atoms with E-state index in [-0.39, 0.29) is 25.5 Å². The van der Waals surface area contributed by atoms with E-state index in [4.69, 9.17) is 9.47 Å². The third kappa shape index (κ3) is 6.31. The monoisotopic (exact) mass is 539 g/mol. The van der Waals surface area contributed by atoms with Crippen molar-refractivity contribution in [3.63, 3.8) is 0 Å². The number of fused-ring (bicyclic) bond motifs is 3. The van der Waals surface area contributed by atoms with Crippen molar-refractivity contribution in [2.75, 3.05) is 19.8 Å². The van der Waals surface area contributed by atoms with Crippen LogP contribution in [0.25, 0.3) is 11.1 Å². The zero-order valence-corrected chi connectivity index (χ0v) is 22.0. The Morgan fingerprint density at radius 2 is 1.62 bits per heavy atom. The van der Waals surface area contributed by atoms with Crippen LogP contribution >= 0.6 is 0 Å². The number of nitrogens with one attached hydrogen (secondary N) is 2. The van der Waals surface area contributed by atoms with Crippen molar-refractivity contribution < 1.29 is 38.9 Å². The van der Waals surface area contributed by atoms with E-state index in [9.17, 15) is 29.4 Å². The molecule has 208 valence electrons. The molecular formula is C28H33N3O8. The fourth-order valence-electron chi connectivity index (χ4n) is 5.00. The van der Waals surface area contributed by atoms with Crippen molar-refractivity contribution in [1.29, 1.82) is 0 Å². The number of hydrogen-bond acceptors (Lipinski definition) is 7. The van der Waals surface area contributed by atoms with Crippen molar-refractivity contribution in [2.24, 2.45) is 0 Å². The van der Waals surface area contributed by atoms with Gasteiger partial charge in [-0.3, -0.25) is 9.69 Å². The van der Waals surface area contributed by atoms with Crippen LogP contribution in [0.15, 0.2) is 48.5 Å². The number of carboxylic acids is 1. The molecule has 0 saturated carbocycles. The van der Waals surface area contributed by atoms with Gasteiger partial charge in [0.05, 0.1) is 12.6 Å². The summed E-state index contributed by atoms with van der Waals surface area (Å²) in [6, 6.07) is 12.4. The Labute approximate surface area is 226 Å². The standard InChI is InChI=1S/C28H33N3O8/c1-28(2,3)39-26(36)29-16-12-23(24(33)30-22(14-32)25(34)35)31(13-16)27(37)38-15-21-19-10-6-4-8-17(19)18-9-5-7-11-20(18)21/h4-11,16,21-23,32H,12-15H2,1-3H3,(H,29,36)(H,30,33)(H,34,35). The lowest BCUT2D eigenvalue weighted by Gasteiger charge is -2.25. The Morgan fingerprint density at radius 1 is 1.03 bits per heavy atom. The molecule has 4 rings (SSSR count). The normalized spacial score (nSPS) is 19.0. The van der Waals surface area contributed by atoms with Crippen LogP contribution in [0.1, 0.15) is 44.2 Å². The summed E-state index contributed by atoms with van der Waals surface area (Å²) in [4.78, 5) is 51.1. The number of rotatable bonds is 7. The molecule has 11 nitrogen and oxygen atoms in total. The number of benzene rings is 2. The lowest BCUT2D eigenvalue weighted by molar-refractivity contribution is -0.143. The molecular weight excluding hydrogens is 506 g/mol. The minimum Gasteiger partial charge on any atom is -0.480 e. The number of nitrogens with zero attached hydrogens (tertiary/aromatic N) is 1. The number of carbonyl (C=O) groups is 4. The first-order chi connectivity index (χ1) is 18.5. The van der Waals surface area contributed by atoms with Gasteiger partial charge in [0.15, 0.2) is 0 Å². The molecule has 0 radical (unpaired) electrons. The van der Waals surface area contributed by atoms with Gasteiger partial charge in [-0.25, -0.2) is 14.4 Å². The van der Waals surface area contributed by atoms with E-state index in [0.29, 0.717) is 0 Å². The van der Waals surface area contributed by atoms with Gasteiger partial charge in [0.1, 0.15) is 24.3 Å². The van der Waals surface area contributed by atoms with Crippen LogP contribution in [0.2, 0.25) is 0 Å². The lowest BCUT2D eigenvalue weighted by atomic mass is 9.98. The molecule has 2 aliphatic rings. The molecule has 3 amide bonds. The molecule has 1 saturated heterocycles. The van der Waals surface area contributed by atoms with Gasteiger partial charge >= 0.3 is 18.2 Å².